The average Bonchev–Trinajstić information content (AvgIpc) is 2.26. The number of hydrogen-bond acceptors (Lipinski definition) is 2. The molecule has 0 saturated carbocycles. The number of pyridine rings is 1. The van der Waals surface area contributed by atoms with Crippen molar-refractivity contribution in [3.63, 3.8) is 0 Å². The van der Waals surface area contributed by atoms with Gasteiger partial charge in [0.25, 0.3) is 0 Å². The van der Waals surface area contributed by atoms with Gasteiger partial charge in [-0.3, -0.25) is 10.4 Å². The van der Waals surface area contributed by atoms with Crippen molar-refractivity contribution < 1.29 is 0 Å². The van der Waals surface area contributed by atoms with Gasteiger partial charge in [0.1, 0.15) is 0 Å². The number of nitrogens with one attached hydrogen (secondary N) is 1. The summed E-state index contributed by atoms with van der Waals surface area (Å²) >= 11 is 0. The van der Waals surface area contributed by atoms with E-state index in [1.165, 1.54) is 5.56 Å². The first kappa shape index (κ1) is 12.0. The number of hydrogen-bond donors (Lipinski definition) is 3. The fourth-order valence-electron chi connectivity index (χ4n) is 1.16. The Hall–Kier alpha value is -2.11. The molecule has 0 atom stereocenters. The highest BCUT2D eigenvalue weighted by Gasteiger charge is 2.03. The van der Waals surface area contributed by atoms with Crippen LogP contribution in [0.15, 0.2) is 29.5 Å². The standard InChI is InChI=1S/C10H16N6/c1-16(10(13)15-9(11)12)7-4-8-2-5-14-6-3-8/h2-3,5-6H,4,7H2,1H3,(H5,11,12,13,15). The fourth-order valence-corrected chi connectivity index (χ4v) is 1.16. The molecule has 0 aromatic carbocycles. The van der Waals surface area contributed by atoms with Crippen molar-refractivity contribution in [2.75, 3.05) is 13.6 Å². The normalized spacial score (nSPS) is 9.56. The largest absolute Gasteiger partial charge is 0.370 e. The van der Waals surface area contributed by atoms with Gasteiger partial charge in [-0.25, -0.2) is 0 Å². The minimum absolute atomic E-state index is 0.0639. The van der Waals surface area contributed by atoms with E-state index >= 15 is 0 Å². The molecule has 0 amide bonds. The summed E-state index contributed by atoms with van der Waals surface area (Å²) in [5.41, 5.74) is 11.5. The van der Waals surface area contributed by atoms with Crippen molar-refractivity contribution in [2.24, 2.45) is 16.5 Å². The lowest BCUT2D eigenvalue weighted by molar-refractivity contribution is 0.499. The Morgan fingerprint density at radius 2 is 2.06 bits per heavy atom. The van der Waals surface area contributed by atoms with Gasteiger partial charge in [0.05, 0.1) is 0 Å². The first-order valence-corrected chi connectivity index (χ1v) is 4.88. The topological polar surface area (TPSA) is 104 Å². The Morgan fingerprint density at radius 3 is 2.62 bits per heavy atom. The zero-order chi connectivity index (χ0) is 12.0. The van der Waals surface area contributed by atoms with Crippen LogP contribution in [0.5, 0.6) is 0 Å². The molecule has 0 saturated heterocycles. The Kier molecular flexibility index (Phi) is 4.26. The molecule has 0 aliphatic carbocycles. The van der Waals surface area contributed by atoms with Gasteiger partial charge in [0, 0.05) is 26.0 Å². The molecule has 0 aliphatic heterocycles. The lowest BCUT2D eigenvalue weighted by atomic mass is 10.2. The van der Waals surface area contributed by atoms with Crippen LogP contribution in [0.25, 0.3) is 0 Å². The monoisotopic (exact) mass is 220 g/mol. The minimum Gasteiger partial charge on any atom is -0.370 e. The predicted octanol–water partition coefficient (Wildman–Crippen LogP) is -0.236. The van der Waals surface area contributed by atoms with Gasteiger partial charge in [-0.15, -0.1) is 0 Å². The zero-order valence-electron chi connectivity index (χ0n) is 9.22. The number of guanidine groups is 2. The highest BCUT2D eigenvalue weighted by atomic mass is 15.2. The lowest BCUT2D eigenvalue weighted by Crippen LogP contribution is -2.31. The van der Waals surface area contributed by atoms with E-state index in [1.54, 1.807) is 24.3 Å². The number of rotatable bonds is 3. The van der Waals surface area contributed by atoms with E-state index in [4.69, 9.17) is 16.9 Å². The Labute approximate surface area is 94.5 Å². The number of nitrogens with two attached hydrogens (primary N) is 2. The van der Waals surface area contributed by atoms with Crippen LogP contribution in [-0.2, 0) is 6.42 Å². The molecule has 1 aromatic rings. The van der Waals surface area contributed by atoms with Crippen LogP contribution >= 0.6 is 0 Å². The van der Waals surface area contributed by atoms with Crippen molar-refractivity contribution in [3.05, 3.63) is 30.1 Å². The average molecular weight is 220 g/mol. The molecule has 16 heavy (non-hydrogen) atoms. The molecule has 6 heteroatoms. The molecule has 0 bridgehead atoms. The molecular weight excluding hydrogens is 204 g/mol. The number of nitrogens with zero attached hydrogens (tertiary/aromatic N) is 3. The van der Waals surface area contributed by atoms with Gasteiger partial charge in [-0.2, -0.15) is 4.99 Å². The highest BCUT2D eigenvalue weighted by molar-refractivity contribution is 5.91. The van der Waals surface area contributed by atoms with Crippen LogP contribution in [0.4, 0.5) is 0 Å². The summed E-state index contributed by atoms with van der Waals surface area (Å²) in [4.78, 5) is 9.28. The van der Waals surface area contributed by atoms with Crippen LogP contribution in [0.2, 0.25) is 0 Å². The van der Waals surface area contributed by atoms with Crippen LogP contribution in [-0.4, -0.2) is 35.4 Å². The minimum atomic E-state index is -0.0965. The third-order valence-corrected chi connectivity index (χ3v) is 2.08. The van der Waals surface area contributed by atoms with Crippen molar-refractivity contribution in [3.8, 4) is 0 Å². The van der Waals surface area contributed by atoms with Gasteiger partial charge in [-0.1, -0.05) is 0 Å². The summed E-state index contributed by atoms with van der Waals surface area (Å²) in [5.74, 6) is -0.0326. The molecule has 5 N–H and O–H groups in total. The third kappa shape index (κ3) is 3.95. The van der Waals surface area contributed by atoms with Gasteiger partial charge in [0.2, 0.25) is 5.96 Å². The summed E-state index contributed by atoms with van der Waals surface area (Å²) in [5, 5.41) is 7.56. The van der Waals surface area contributed by atoms with E-state index in [-0.39, 0.29) is 11.9 Å². The van der Waals surface area contributed by atoms with Crippen LogP contribution in [0.3, 0.4) is 0 Å². The van der Waals surface area contributed by atoms with Crippen molar-refractivity contribution >= 4 is 11.9 Å². The molecule has 0 aliphatic rings. The second-order valence-electron chi connectivity index (χ2n) is 3.39. The van der Waals surface area contributed by atoms with Crippen molar-refractivity contribution in [1.82, 2.24) is 9.88 Å². The maximum Gasteiger partial charge on any atom is 0.220 e. The predicted molar refractivity (Wildman–Crippen MR) is 64.1 cm³/mol. The maximum absolute atomic E-state index is 7.56. The van der Waals surface area contributed by atoms with Crippen molar-refractivity contribution in [1.29, 1.82) is 5.41 Å². The SMILES string of the molecule is CN(CCc1ccncc1)C(=N)N=C(N)N. The van der Waals surface area contributed by atoms with Crippen molar-refractivity contribution in [2.45, 2.75) is 6.42 Å². The Balaban J connectivity index is 2.44. The highest BCUT2D eigenvalue weighted by Crippen LogP contribution is 1.99. The van der Waals surface area contributed by atoms with E-state index in [1.807, 2.05) is 12.1 Å². The number of aliphatic imine (C=N–C) groups is 1. The third-order valence-electron chi connectivity index (χ3n) is 2.08. The van der Waals surface area contributed by atoms with E-state index in [2.05, 4.69) is 9.98 Å². The Morgan fingerprint density at radius 1 is 1.44 bits per heavy atom. The molecule has 0 unspecified atom stereocenters. The second-order valence-corrected chi connectivity index (χ2v) is 3.39. The maximum atomic E-state index is 7.56. The molecule has 1 aromatic heterocycles. The smallest absolute Gasteiger partial charge is 0.220 e. The first-order valence-electron chi connectivity index (χ1n) is 4.88. The van der Waals surface area contributed by atoms with Gasteiger partial charge < -0.3 is 16.4 Å². The summed E-state index contributed by atoms with van der Waals surface area (Å²) in [6.45, 7) is 0.680. The second kappa shape index (κ2) is 5.69. The van der Waals surface area contributed by atoms with E-state index in [0.29, 0.717) is 6.54 Å². The summed E-state index contributed by atoms with van der Waals surface area (Å²) in [7, 11) is 1.77. The van der Waals surface area contributed by atoms with E-state index < -0.39 is 0 Å². The molecule has 86 valence electrons. The van der Waals surface area contributed by atoms with Crippen LogP contribution in [0, 0.1) is 5.41 Å². The van der Waals surface area contributed by atoms with Gasteiger partial charge >= 0.3 is 0 Å². The number of likely N-dealkylation sites (N-methyl/N-ethyl adjacent to an activating group) is 1. The molecular formula is C10H16N6. The van der Waals surface area contributed by atoms with Gasteiger partial charge in [0.15, 0.2) is 5.96 Å². The fraction of sp³-hybridized carbons (Fsp3) is 0.300. The molecule has 0 fully saturated rings. The molecule has 0 radical (unpaired) electrons. The lowest BCUT2D eigenvalue weighted by Gasteiger charge is -2.16. The van der Waals surface area contributed by atoms with E-state index in [0.717, 1.165) is 6.42 Å². The zero-order valence-corrected chi connectivity index (χ0v) is 9.22. The molecule has 6 nitrogen and oxygen atoms in total. The molecule has 0 spiro atoms. The summed E-state index contributed by atoms with van der Waals surface area (Å²) in [6, 6.07) is 3.88. The Bertz CT molecular complexity index is 368. The summed E-state index contributed by atoms with van der Waals surface area (Å²) in [6.07, 6.45) is 4.31. The van der Waals surface area contributed by atoms with Gasteiger partial charge in [-0.05, 0) is 24.1 Å². The first-order chi connectivity index (χ1) is 7.59. The van der Waals surface area contributed by atoms with Crippen LogP contribution < -0.4 is 11.5 Å². The number of aromatic nitrogens is 1. The molecule has 1 heterocycles. The summed E-state index contributed by atoms with van der Waals surface area (Å²) < 4.78 is 0. The van der Waals surface area contributed by atoms with Crippen LogP contribution in [0.1, 0.15) is 5.56 Å². The quantitative estimate of drug-likeness (QED) is 0.483. The van der Waals surface area contributed by atoms with E-state index in [9.17, 15) is 0 Å². The molecule has 1 rings (SSSR count).